The number of amides is 3. The number of anilines is 1. The molecule has 2 aromatic carbocycles. The highest BCUT2D eigenvalue weighted by Crippen LogP contribution is 2.31. The van der Waals surface area contributed by atoms with Gasteiger partial charge in [-0.1, -0.05) is 42.6 Å². The monoisotopic (exact) mass is 396 g/mol. The van der Waals surface area contributed by atoms with E-state index < -0.39 is 0 Å². The molecule has 6 nitrogen and oxygen atoms in total. The van der Waals surface area contributed by atoms with Crippen molar-refractivity contribution in [2.75, 3.05) is 5.32 Å². The Hall–Kier alpha value is -2.86. The molecule has 1 heterocycles. The van der Waals surface area contributed by atoms with Crippen LogP contribution in [-0.2, 0) is 0 Å². The zero-order valence-corrected chi connectivity index (χ0v) is 16.0. The predicted molar refractivity (Wildman–Crippen MR) is 110 cm³/mol. The van der Waals surface area contributed by atoms with Crippen molar-refractivity contribution in [3.8, 4) is 0 Å². The average Bonchev–Trinajstić information content (AvgIpc) is 3.07. The summed E-state index contributed by atoms with van der Waals surface area (Å²) in [4.78, 5) is 31.9. The number of halogens is 1. The molecule has 0 aromatic heterocycles. The molecule has 2 aliphatic rings. The lowest BCUT2D eigenvalue weighted by Gasteiger charge is -2.31. The second-order valence-electron chi connectivity index (χ2n) is 7.00. The van der Waals surface area contributed by atoms with Crippen LogP contribution in [0.3, 0.4) is 0 Å². The van der Waals surface area contributed by atoms with Gasteiger partial charge >= 0.3 is 6.03 Å². The number of hydrogen-bond acceptors (Lipinski definition) is 3. The third-order valence-electron chi connectivity index (χ3n) is 5.12. The lowest BCUT2D eigenvalue weighted by Crippen LogP contribution is -2.52. The maximum Gasteiger partial charge on any atom is 0.328 e. The van der Waals surface area contributed by atoms with Gasteiger partial charge < -0.3 is 5.32 Å². The molecule has 0 bridgehead atoms. The Morgan fingerprint density at radius 3 is 2.43 bits per heavy atom. The number of para-hydroxylation sites is 1. The minimum absolute atomic E-state index is 0.0239. The highest BCUT2D eigenvalue weighted by Gasteiger charge is 2.41. The minimum atomic E-state index is -0.313. The number of rotatable bonds is 2. The lowest BCUT2D eigenvalue weighted by molar-refractivity contribution is 0.0973. The maximum atomic E-state index is 13.0. The number of carbonyl (C=O) groups is 2. The first-order valence-electron chi connectivity index (χ1n) is 9.42. The molecule has 0 spiro atoms. The van der Waals surface area contributed by atoms with Crippen LogP contribution in [0.5, 0.6) is 0 Å². The Kier molecular flexibility index (Phi) is 5.30. The number of benzene rings is 2. The number of hydrogen-bond donors (Lipinski definition) is 2. The van der Waals surface area contributed by atoms with E-state index in [9.17, 15) is 9.59 Å². The van der Waals surface area contributed by atoms with Crippen molar-refractivity contribution in [2.45, 2.75) is 37.8 Å². The normalized spacial score (nSPS) is 20.9. The van der Waals surface area contributed by atoms with Crippen LogP contribution in [0.4, 0.5) is 10.5 Å². The van der Waals surface area contributed by atoms with Crippen LogP contribution in [0, 0.1) is 0 Å². The van der Waals surface area contributed by atoms with Crippen LogP contribution in [0.1, 0.15) is 36.0 Å². The molecule has 2 atom stereocenters. The standard InChI is InChI=1S/C21H21ClN4O2/c22-15-12-10-14(11-13-15)19(27)25-20-24-17-8-4-5-9-18(17)26(20)21(28)23-16-6-2-1-3-7-16/h1-3,6-7,10-13,17-18H,4-5,8-9H2,(H,23,28)(H,24,25,27). The van der Waals surface area contributed by atoms with Crippen molar-refractivity contribution in [1.82, 2.24) is 10.2 Å². The van der Waals surface area contributed by atoms with E-state index in [2.05, 4.69) is 15.6 Å². The summed E-state index contributed by atoms with van der Waals surface area (Å²) < 4.78 is 0. The van der Waals surface area contributed by atoms with Crippen molar-refractivity contribution in [3.63, 3.8) is 0 Å². The molecular weight excluding hydrogens is 376 g/mol. The molecular formula is C21H21ClN4O2. The second-order valence-corrected chi connectivity index (χ2v) is 7.44. The molecule has 7 heteroatoms. The van der Waals surface area contributed by atoms with Gasteiger partial charge in [0.15, 0.2) is 0 Å². The molecule has 28 heavy (non-hydrogen) atoms. The SMILES string of the molecule is O=C(NC1=NC2CCCCC2N1C(=O)Nc1ccccc1)c1ccc(Cl)cc1. The van der Waals surface area contributed by atoms with Gasteiger partial charge in [-0.2, -0.15) is 0 Å². The van der Waals surface area contributed by atoms with Gasteiger partial charge in [-0.3, -0.25) is 15.0 Å². The molecule has 0 radical (unpaired) electrons. The molecule has 1 aliphatic heterocycles. The van der Waals surface area contributed by atoms with Gasteiger partial charge in [-0.05, 0) is 49.2 Å². The molecule has 1 saturated carbocycles. The van der Waals surface area contributed by atoms with E-state index in [1.165, 1.54) is 0 Å². The fraction of sp³-hybridized carbons (Fsp3) is 0.286. The van der Waals surface area contributed by atoms with Gasteiger partial charge in [0, 0.05) is 16.3 Å². The van der Waals surface area contributed by atoms with Gasteiger partial charge in [-0.25, -0.2) is 9.79 Å². The van der Waals surface area contributed by atoms with Gasteiger partial charge in [0.25, 0.3) is 5.91 Å². The fourth-order valence-corrected chi connectivity index (χ4v) is 3.87. The lowest BCUT2D eigenvalue weighted by atomic mass is 9.91. The first-order valence-corrected chi connectivity index (χ1v) is 9.79. The van der Waals surface area contributed by atoms with Crippen molar-refractivity contribution < 1.29 is 9.59 Å². The Bertz CT molecular complexity index is 898. The van der Waals surface area contributed by atoms with Gasteiger partial charge in [0.1, 0.15) is 0 Å². The zero-order chi connectivity index (χ0) is 19.5. The smallest absolute Gasteiger partial charge is 0.307 e. The van der Waals surface area contributed by atoms with Crippen molar-refractivity contribution >= 4 is 35.2 Å². The molecule has 144 valence electrons. The van der Waals surface area contributed by atoms with Crippen LogP contribution in [0.2, 0.25) is 5.02 Å². The van der Waals surface area contributed by atoms with E-state index in [1.54, 1.807) is 29.2 Å². The summed E-state index contributed by atoms with van der Waals surface area (Å²) in [5.41, 5.74) is 1.17. The Morgan fingerprint density at radius 1 is 0.964 bits per heavy atom. The van der Waals surface area contributed by atoms with E-state index in [0.717, 1.165) is 25.7 Å². The topological polar surface area (TPSA) is 73.8 Å². The third kappa shape index (κ3) is 3.87. The van der Waals surface area contributed by atoms with E-state index in [-0.39, 0.29) is 24.0 Å². The number of fused-ring (bicyclic) bond motifs is 1. The van der Waals surface area contributed by atoms with Gasteiger partial charge in [-0.15, -0.1) is 0 Å². The summed E-state index contributed by atoms with van der Waals surface area (Å²) >= 11 is 5.89. The molecule has 2 aromatic rings. The summed E-state index contributed by atoms with van der Waals surface area (Å²) in [6.07, 6.45) is 3.91. The highest BCUT2D eigenvalue weighted by molar-refractivity contribution is 6.30. The number of carbonyl (C=O) groups excluding carboxylic acids is 2. The summed E-state index contributed by atoms with van der Waals surface area (Å²) in [5, 5.41) is 6.29. The number of nitrogens with zero attached hydrogens (tertiary/aromatic N) is 2. The minimum Gasteiger partial charge on any atom is -0.307 e. The molecule has 0 saturated heterocycles. The van der Waals surface area contributed by atoms with Gasteiger partial charge in [0.2, 0.25) is 5.96 Å². The third-order valence-corrected chi connectivity index (χ3v) is 5.37. The van der Waals surface area contributed by atoms with E-state index in [0.29, 0.717) is 22.2 Å². The van der Waals surface area contributed by atoms with Crippen LogP contribution in [0.15, 0.2) is 59.6 Å². The number of aliphatic imine (C=N–C) groups is 1. The first-order chi connectivity index (χ1) is 13.6. The molecule has 4 rings (SSSR count). The molecule has 2 unspecified atom stereocenters. The van der Waals surface area contributed by atoms with Gasteiger partial charge in [0.05, 0.1) is 12.1 Å². The van der Waals surface area contributed by atoms with Crippen molar-refractivity contribution in [2.24, 2.45) is 4.99 Å². The van der Waals surface area contributed by atoms with E-state index in [4.69, 9.17) is 11.6 Å². The Morgan fingerprint density at radius 2 is 1.68 bits per heavy atom. The van der Waals surface area contributed by atoms with Crippen LogP contribution in [-0.4, -0.2) is 34.9 Å². The van der Waals surface area contributed by atoms with Crippen LogP contribution < -0.4 is 10.6 Å². The summed E-state index contributed by atoms with van der Waals surface area (Å²) in [7, 11) is 0. The summed E-state index contributed by atoms with van der Waals surface area (Å²) in [6.45, 7) is 0. The Labute approximate surface area is 168 Å². The van der Waals surface area contributed by atoms with Crippen LogP contribution in [0.25, 0.3) is 0 Å². The quantitative estimate of drug-likeness (QED) is 0.794. The molecule has 1 aliphatic carbocycles. The number of guanidine groups is 1. The first kappa shape index (κ1) is 18.5. The van der Waals surface area contributed by atoms with E-state index >= 15 is 0 Å². The number of nitrogens with one attached hydrogen (secondary N) is 2. The molecule has 3 amide bonds. The predicted octanol–water partition coefficient (Wildman–Crippen LogP) is 4.28. The van der Waals surface area contributed by atoms with Crippen LogP contribution >= 0.6 is 11.6 Å². The Balaban J connectivity index is 1.55. The summed E-state index contributed by atoms with van der Waals surface area (Å²) in [5.74, 6) is -0.00291. The molecule has 2 N–H and O–H groups in total. The molecule has 1 fully saturated rings. The average molecular weight is 397 g/mol. The second kappa shape index (κ2) is 8.02. The maximum absolute atomic E-state index is 13.0. The number of urea groups is 1. The van der Waals surface area contributed by atoms with Crippen molar-refractivity contribution in [3.05, 3.63) is 65.2 Å². The zero-order valence-electron chi connectivity index (χ0n) is 15.3. The fourth-order valence-electron chi connectivity index (χ4n) is 3.74. The summed E-state index contributed by atoms with van der Waals surface area (Å²) in [6, 6.07) is 15.6. The van der Waals surface area contributed by atoms with Crippen molar-refractivity contribution in [1.29, 1.82) is 0 Å². The van der Waals surface area contributed by atoms with E-state index in [1.807, 2.05) is 30.3 Å². The largest absolute Gasteiger partial charge is 0.328 e. The highest BCUT2D eigenvalue weighted by atomic mass is 35.5.